The quantitative estimate of drug-likeness (QED) is 0.0978. The van der Waals surface area contributed by atoms with Gasteiger partial charge in [-0.2, -0.15) is 0 Å². The van der Waals surface area contributed by atoms with Crippen molar-refractivity contribution < 1.29 is 23.8 Å². The molecule has 0 saturated carbocycles. The first-order chi connectivity index (χ1) is 26.1. The molecule has 1 aliphatic heterocycles. The van der Waals surface area contributed by atoms with Gasteiger partial charge in [-0.25, -0.2) is 9.97 Å². The number of H-pyrrole nitrogens is 2. The van der Waals surface area contributed by atoms with Crippen LogP contribution in [0.4, 0.5) is 0 Å². The van der Waals surface area contributed by atoms with Crippen LogP contribution < -0.4 is 4.74 Å². The van der Waals surface area contributed by atoms with Crippen LogP contribution in [0.1, 0.15) is 103 Å². The van der Waals surface area contributed by atoms with Crippen molar-refractivity contribution >= 4 is 33.6 Å². The summed E-state index contributed by atoms with van der Waals surface area (Å²) < 4.78 is 17.3. The van der Waals surface area contributed by atoms with E-state index in [4.69, 9.17) is 24.2 Å². The Balaban J connectivity index is 1.28. The van der Waals surface area contributed by atoms with Crippen molar-refractivity contribution in [3.05, 3.63) is 65.9 Å². The highest BCUT2D eigenvalue weighted by atomic mass is 16.5. The second-order valence-electron chi connectivity index (χ2n) is 14.8. The van der Waals surface area contributed by atoms with E-state index >= 15 is 0 Å². The SMILES string of the molecule is CCCC(=O)N(C[C@H](C)COC)[C@@H](C)c1ncc(-c2ccc3c(c2)COc2cc4c(ccc5nc([C@H](C)N(C(=O)CCC)[C@H](CC)COC)[nH]c54)cc2-3)[nH]1. The fourth-order valence-corrected chi connectivity index (χ4v) is 7.83. The minimum atomic E-state index is -0.247. The number of ether oxygens (including phenoxy) is 3. The molecule has 2 N–H and O–H groups in total. The first-order valence-corrected chi connectivity index (χ1v) is 19.5. The van der Waals surface area contributed by atoms with Gasteiger partial charge in [-0.15, -0.1) is 0 Å². The minimum Gasteiger partial charge on any atom is -0.488 e. The van der Waals surface area contributed by atoms with Crippen molar-refractivity contribution in [3.63, 3.8) is 0 Å². The summed E-state index contributed by atoms with van der Waals surface area (Å²) in [5.41, 5.74) is 6.94. The molecule has 288 valence electrons. The third-order valence-electron chi connectivity index (χ3n) is 10.7. The highest BCUT2D eigenvalue weighted by Gasteiger charge is 2.30. The summed E-state index contributed by atoms with van der Waals surface area (Å²) in [5, 5.41) is 2.10. The predicted octanol–water partition coefficient (Wildman–Crippen LogP) is 8.75. The van der Waals surface area contributed by atoms with Crippen LogP contribution in [0.25, 0.3) is 44.2 Å². The number of fused-ring (bicyclic) bond motifs is 6. The lowest BCUT2D eigenvalue weighted by atomic mass is 9.92. The van der Waals surface area contributed by atoms with Crippen LogP contribution in [0.3, 0.4) is 0 Å². The van der Waals surface area contributed by atoms with Crippen LogP contribution in [0.2, 0.25) is 0 Å². The molecule has 11 nitrogen and oxygen atoms in total. The van der Waals surface area contributed by atoms with E-state index in [9.17, 15) is 9.59 Å². The Morgan fingerprint density at radius 2 is 1.63 bits per heavy atom. The number of amides is 2. The Labute approximate surface area is 318 Å². The maximum Gasteiger partial charge on any atom is 0.223 e. The lowest BCUT2D eigenvalue weighted by Gasteiger charge is -2.35. The van der Waals surface area contributed by atoms with Gasteiger partial charge in [-0.05, 0) is 85.4 Å². The number of carbonyl (C=O) groups is 2. The lowest BCUT2D eigenvalue weighted by Crippen LogP contribution is -2.44. The zero-order valence-corrected chi connectivity index (χ0v) is 33.1. The largest absolute Gasteiger partial charge is 0.488 e. The molecular formula is C43H56N6O5. The van der Waals surface area contributed by atoms with Gasteiger partial charge in [0.1, 0.15) is 24.0 Å². The van der Waals surface area contributed by atoms with Gasteiger partial charge in [-0.3, -0.25) is 9.59 Å². The maximum absolute atomic E-state index is 13.4. The molecule has 5 aromatic rings. The first-order valence-electron chi connectivity index (χ1n) is 19.5. The van der Waals surface area contributed by atoms with Crippen LogP contribution in [0.15, 0.2) is 48.7 Å². The molecule has 0 fully saturated rings. The second-order valence-corrected chi connectivity index (χ2v) is 14.8. The molecule has 0 unspecified atom stereocenters. The van der Waals surface area contributed by atoms with Crippen LogP contribution in [0, 0.1) is 5.92 Å². The average Bonchev–Trinajstić information content (AvgIpc) is 3.85. The fraction of sp³-hybridized carbons (Fsp3) is 0.488. The molecule has 3 heterocycles. The summed E-state index contributed by atoms with van der Waals surface area (Å²) in [4.78, 5) is 47.2. The Morgan fingerprint density at radius 1 is 0.870 bits per heavy atom. The van der Waals surface area contributed by atoms with E-state index in [0.717, 1.165) is 86.4 Å². The number of hydrogen-bond donors (Lipinski definition) is 2. The summed E-state index contributed by atoms with van der Waals surface area (Å²) >= 11 is 0. The number of benzene rings is 3. The fourth-order valence-electron chi connectivity index (χ4n) is 7.83. The Kier molecular flexibility index (Phi) is 12.4. The van der Waals surface area contributed by atoms with E-state index in [-0.39, 0.29) is 35.9 Å². The van der Waals surface area contributed by atoms with E-state index in [1.54, 1.807) is 14.2 Å². The topological polar surface area (TPSA) is 126 Å². The summed E-state index contributed by atoms with van der Waals surface area (Å²) in [6, 6.07) is 14.4. The normalized spacial score (nSPS) is 14.6. The van der Waals surface area contributed by atoms with Gasteiger partial charge in [0.25, 0.3) is 0 Å². The number of hydrogen-bond acceptors (Lipinski definition) is 7. The molecule has 1 aliphatic rings. The number of aromatic nitrogens is 4. The molecule has 6 rings (SSSR count). The molecule has 0 radical (unpaired) electrons. The second kappa shape index (κ2) is 17.2. The molecule has 3 aromatic carbocycles. The monoisotopic (exact) mass is 736 g/mol. The molecule has 2 aromatic heterocycles. The van der Waals surface area contributed by atoms with Crippen molar-refractivity contribution in [1.82, 2.24) is 29.7 Å². The van der Waals surface area contributed by atoms with Gasteiger partial charge in [0.2, 0.25) is 11.8 Å². The van der Waals surface area contributed by atoms with E-state index in [1.807, 2.05) is 49.8 Å². The molecule has 0 bridgehead atoms. The third kappa shape index (κ3) is 7.88. The Morgan fingerprint density at radius 3 is 2.35 bits per heavy atom. The van der Waals surface area contributed by atoms with Gasteiger partial charge in [0.15, 0.2) is 0 Å². The maximum atomic E-state index is 13.4. The molecule has 11 heteroatoms. The number of aromatic amines is 2. The van der Waals surface area contributed by atoms with Gasteiger partial charge in [0.05, 0.1) is 54.3 Å². The Bertz CT molecular complexity index is 2090. The number of imidazole rings is 2. The van der Waals surface area contributed by atoms with Crippen LogP contribution in [-0.4, -0.2) is 81.6 Å². The number of carbonyl (C=O) groups excluding carboxylic acids is 2. The highest BCUT2D eigenvalue weighted by molar-refractivity contribution is 6.07. The summed E-state index contributed by atoms with van der Waals surface area (Å²) in [5.74, 6) is 2.78. The first kappa shape index (κ1) is 39.0. The molecule has 0 aliphatic carbocycles. The standard InChI is InChI=1S/C43H56N6O5/c1-9-12-39(50)48(22-26(4)23-52-7)27(5)42-44-21-37(46-42)30-14-16-33-31(18-30)24-54-38-20-34-29(19-35(33)38)15-17-36-41(34)47-43(45-36)28(6)49(40(51)13-10-2)32(11-3)25-53-8/h14-21,26-28,32H,9-13,22-25H2,1-8H3,(H,44,46)(H,45,47)/t26-,27-,28-,32+/m0/s1. The van der Waals surface area contributed by atoms with Crippen molar-refractivity contribution in [1.29, 1.82) is 0 Å². The van der Waals surface area contributed by atoms with Gasteiger partial charge < -0.3 is 34.0 Å². The number of rotatable bonds is 17. The minimum absolute atomic E-state index is 0.0411. The van der Waals surface area contributed by atoms with E-state index in [0.29, 0.717) is 39.2 Å². The van der Waals surface area contributed by atoms with E-state index in [2.05, 4.69) is 60.2 Å². The number of nitrogens with zero attached hydrogens (tertiary/aromatic N) is 4. The van der Waals surface area contributed by atoms with Crippen LogP contribution >= 0.6 is 0 Å². The molecular weight excluding hydrogens is 681 g/mol. The Hall–Kier alpha value is -4.74. The van der Waals surface area contributed by atoms with Crippen molar-refractivity contribution in [3.8, 4) is 28.1 Å². The molecule has 2 amide bonds. The van der Waals surface area contributed by atoms with E-state index < -0.39 is 0 Å². The highest BCUT2D eigenvalue weighted by Crippen LogP contribution is 2.43. The zero-order chi connectivity index (χ0) is 38.5. The summed E-state index contributed by atoms with van der Waals surface area (Å²) in [6.45, 7) is 14.4. The van der Waals surface area contributed by atoms with Gasteiger partial charge in [0, 0.05) is 44.6 Å². The zero-order valence-electron chi connectivity index (χ0n) is 33.1. The van der Waals surface area contributed by atoms with Gasteiger partial charge in [-0.1, -0.05) is 45.9 Å². The smallest absolute Gasteiger partial charge is 0.223 e. The van der Waals surface area contributed by atoms with Crippen molar-refractivity contribution in [2.24, 2.45) is 5.92 Å². The number of methoxy groups -OCH3 is 2. The van der Waals surface area contributed by atoms with Crippen LogP contribution in [-0.2, 0) is 25.7 Å². The summed E-state index contributed by atoms with van der Waals surface area (Å²) in [7, 11) is 3.37. The van der Waals surface area contributed by atoms with Gasteiger partial charge >= 0.3 is 0 Å². The van der Waals surface area contributed by atoms with Crippen LogP contribution in [0.5, 0.6) is 5.75 Å². The molecule has 54 heavy (non-hydrogen) atoms. The molecule has 0 saturated heterocycles. The lowest BCUT2D eigenvalue weighted by molar-refractivity contribution is -0.138. The van der Waals surface area contributed by atoms with E-state index in [1.165, 1.54) is 0 Å². The van der Waals surface area contributed by atoms with Crippen molar-refractivity contribution in [2.45, 2.75) is 98.4 Å². The summed E-state index contributed by atoms with van der Waals surface area (Å²) in [6.07, 6.45) is 5.21. The molecule has 4 atom stereocenters. The predicted molar refractivity (Wildman–Crippen MR) is 213 cm³/mol. The third-order valence-corrected chi connectivity index (χ3v) is 10.7. The van der Waals surface area contributed by atoms with Crippen molar-refractivity contribution in [2.75, 3.05) is 34.0 Å². The average molecular weight is 737 g/mol. The number of nitrogens with one attached hydrogen (secondary N) is 2. The molecule has 0 spiro atoms.